The molecule has 0 radical (unpaired) electrons. The van der Waals surface area contributed by atoms with Gasteiger partial charge in [-0.05, 0) is 36.6 Å². The molecule has 1 aliphatic carbocycles. The number of benzene rings is 2. The molecule has 9 heteroatoms. The van der Waals surface area contributed by atoms with Gasteiger partial charge in [0.1, 0.15) is 0 Å². The van der Waals surface area contributed by atoms with E-state index in [1.807, 2.05) is 19.1 Å². The lowest BCUT2D eigenvalue weighted by molar-refractivity contribution is -0.385. The number of carbonyl (C=O) groups excluding carboxylic acids is 3. The minimum atomic E-state index is -0.624. The normalized spacial score (nSPS) is 22.1. The molecule has 8 nitrogen and oxygen atoms in total. The highest BCUT2D eigenvalue weighted by atomic mass is 35.5. The van der Waals surface area contributed by atoms with Crippen LogP contribution in [-0.4, -0.2) is 32.7 Å². The summed E-state index contributed by atoms with van der Waals surface area (Å²) in [4.78, 5) is 51.0. The van der Waals surface area contributed by atoms with Crippen molar-refractivity contribution >= 4 is 35.0 Å². The molecule has 1 aliphatic heterocycles. The van der Waals surface area contributed by atoms with E-state index in [0.29, 0.717) is 11.4 Å². The van der Waals surface area contributed by atoms with Gasteiger partial charge in [-0.25, -0.2) is 5.01 Å². The van der Waals surface area contributed by atoms with E-state index in [-0.39, 0.29) is 29.3 Å². The standard InChI is InChI=1S/C23H20ClN3O5/c1-14-5-4-7-18-20(14)23(30)26(22(18)29)25(21(28)15-9-11-17(24)12-10-15)13-16-6-2-3-8-19(16)27(31)32/h2-6,8-12,14,18,20H,7,13H2,1H3/t14-,18-,20-/m1/s1. The summed E-state index contributed by atoms with van der Waals surface area (Å²) in [7, 11) is 0. The monoisotopic (exact) mass is 453 g/mol. The van der Waals surface area contributed by atoms with Gasteiger partial charge in [-0.2, -0.15) is 5.01 Å². The zero-order valence-electron chi connectivity index (χ0n) is 17.2. The molecule has 1 saturated heterocycles. The first-order valence-electron chi connectivity index (χ1n) is 10.1. The number of carbonyl (C=O) groups is 3. The third kappa shape index (κ3) is 3.78. The van der Waals surface area contributed by atoms with Crippen LogP contribution in [0.2, 0.25) is 5.02 Å². The lowest BCUT2D eigenvalue weighted by Gasteiger charge is -2.30. The van der Waals surface area contributed by atoms with Gasteiger partial charge in [0.05, 0.1) is 28.9 Å². The summed E-state index contributed by atoms with van der Waals surface area (Å²) >= 11 is 5.93. The molecule has 2 aliphatic rings. The summed E-state index contributed by atoms with van der Waals surface area (Å²) in [5, 5.41) is 13.8. The van der Waals surface area contributed by atoms with Gasteiger partial charge < -0.3 is 0 Å². The largest absolute Gasteiger partial charge is 0.274 e. The van der Waals surface area contributed by atoms with Gasteiger partial charge >= 0.3 is 0 Å². The first-order valence-corrected chi connectivity index (χ1v) is 10.5. The lowest BCUT2D eigenvalue weighted by atomic mass is 9.78. The summed E-state index contributed by atoms with van der Waals surface area (Å²) in [5.74, 6) is -2.86. The van der Waals surface area contributed by atoms with Crippen molar-refractivity contribution in [2.45, 2.75) is 19.9 Å². The number of nitrogens with zero attached hydrogens (tertiary/aromatic N) is 3. The Kier molecular flexibility index (Phi) is 5.80. The highest BCUT2D eigenvalue weighted by Gasteiger charge is 2.53. The van der Waals surface area contributed by atoms with Crippen LogP contribution >= 0.6 is 11.6 Å². The number of rotatable bonds is 5. The Bertz CT molecular complexity index is 1130. The number of nitro benzene ring substituents is 1. The third-order valence-corrected chi connectivity index (χ3v) is 6.18. The fourth-order valence-electron chi connectivity index (χ4n) is 4.33. The van der Waals surface area contributed by atoms with Crippen molar-refractivity contribution in [2.24, 2.45) is 17.8 Å². The fraction of sp³-hybridized carbons (Fsp3) is 0.261. The predicted molar refractivity (Wildman–Crippen MR) is 116 cm³/mol. The van der Waals surface area contributed by atoms with Gasteiger partial charge in [-0.15, -0.1) is 0 Å². The lowest BCUT2D eigenvalue weighted by Crippen LogP contribution is -2.50. The highest BCUT2D eigenvalue weighted by molar-refractivity contribution is 6.30. The average Bonchev–Trinajstić information content (AvgIpc) is 3.03. The second kappa shape index (κ2) is 8.55. The molecule has 164 valence electrons. The van der Waals surface area contributed by atoms with Crippen molar-refractivity contribution in [2.75, 3.05) is 0 Å². The number of amides is 3. The smallest absolute Gasteiger partial charge is 0.272 e. The maximum Gasteiger partial charge on any atom is 0.274 e. The number of hydrogen-bond donors (Lipinski definition) is 0. The molecule has 0 bridgehead atoms. The van der Waals surface area contributed by atoms with Gasteiger partial charge in [-0.3, -0.25) is 24.5 Å². The Hall–Kier alpha value is -3.52. The molecule has 32 heavy (non-hydrogen) atoms. The molecular formula is C23H20ClN3O5. The number of allylic oxidation sites excluding steroid dienone is 2. The van der Waals surface area contributed by atoms with Crippen LogP contribution in [0.15, 0.2) is 60.7 Å². The molecule has 3 amide bonds. The Morgan fingerprint density at radius 1 is 1.16 bits per heavy atom. The van der Waals surface area contributed by atoms with Crippen LogP contribution in [0.5, 0.6) is 0 Å². The zero-order valence-corrected chi connectivity index (χ0v) is 17.9. The maximum absolute atomic E-state index is 13.5. The summed E-state index contributed by atoms with van der Waals surface area (Å²) in [5.41, 5.74) is 0.212. The van der Waals surface area contributed by atoms with Crippen molar-refractivity contribution in [3.05, 3.63) is 86.9 Å². The Balaban J connectivity index is 1.77. The molecular weight excluding hydrogens is 434 g/mol. The fourth-order valence-corrected chi connectivity index (χ4v) is 4.45. The van der Waals surface area contributed by atoms with Crippen LogP contribution in [0, 0.1) is 27.9 Å². The summed E-state index contributed by atoms with van der Waals surface area (Å²) in [6, 6.07) is 12.0. The van der Waals surface area contributed by atoms with Crippen molar-refractivity contribution in [1.82, 2.24) is 10.0 Å². The van der Waals surface area contributed by atoms with E-state index >= 15 is 0 Å². The van der Waals surface area contributed by atoms with Gasteiger partial charge in [0, 0.05) is 16.7 Å². The number of para-hydroxylation sites is 1. The van der Waals surface area contributed by atoms with Gasteiger partial charge in [0.2, 0.25) is 0 Å². The topological polar surface area (TPSA) is 101 Å². The molecule has 2 aromatic carbocycles. The van der Waals surface area contributed by atoms with Crippen molar-refractivity contribution in [1.29, 1.82) is 0 Å². The van der Waals surface area contributed by atoms with Crippen molar-refractivity contribution in [3.8, 4) is 0 Å². The summed E-state index contributed by atoms with van der Waals surface area (Å²) < 4.78 is 0. The highest BCUT2D eigenvalue weighted by Crippen LogP contribution is 2.40. The molecule has 0 spiro atoms. The van der Waals surface area contributed by atoms with Crippen LogP contribution < -0.4 is 0 Å². The third-order valence-electron chi connectivity index (χ3n) is 5.92. The Labute approximate surface area is 189 Å². The van der Waals surface area contributed by atoms with Crippen LogP contribution in [-0.2, 0) is 16.1 Å². The number of hydrazine groups is 1. The Morgan fingerprint density at radius 3 is 2.50 bits per heavy atom. The van der Waals surface area contributed by atoms with Crippen molar-refractivity contribution in [3.63, 3.8) is 0 Å². The number of hydrogen-bond acceptors (Lipinski definition) is 5. The van der Waals surface area contributed by atoms with E-state index in [4.69, 9.17) is 11.6 Å². The average molecular weight is 454 g/mol. The number of fused-ring (bicyclic) bond motifs is 1. The molecule has 0 N–H and O–H groups in total. The molecule has 3 atom stereocenters. The quantitative estimate of drug-likeness (QED) is 0.295. The van der Waals surface area contributed by atoms with Gasteiger partial charge in [0.25, 0.3) is 23.4 Å². The SMILES string of the molecule is C[C@@H]1C=CC[C@H]2C(=O)N(N(Cc3ccccc3[N+](=O)[O-])C(=O)c3ccc(Cl)cc3)C(=O)[C@H]12. The van der Waals surface area contributed by atoms with E-state index in [1.165, 1.54) is 42.5 Å². The summed E-state index contributed by atoms with van der Waals surface area (Å²) in [6.45, 7) is 1.55. The molecule has 2 aromatic rings. The molecule has 0 saturated carbocycles. The van der Waals surface area contributed by atoms with Crippen LogP contribution in [0.25, 0.3) is 0 Å². The predicted octanol–water partition coefficient (Wildman–Crippen LogP) is 4.00. The first-order chi connectivity index (χ1) is 15.3. The van der Waals surface area contributed by atoms with E-state index in [1.54, 1.807) is 6.07 Å². The first kappa shape index (κ1) is 21.7. The number of imide groups is 1. The molecule has 4 rings (SSSR count). The van der Waals surface area contributed by atoms with Crippen LogP contribution in [0.3, 0.4) is 0 Å². The van der Waals surface area contributed by atoms with Crippen LogP contribution in [0.4, 0.5) is 5.69 Å². The van der Waals surface area contributed by atoms with E-state index < -0.39 is 34.5 Å². The minimum Gasteiger partial charge on any atom is -0.272 e. The molecule has 0 aromatic heterocycles. The number of halogens is 1. The summed E-state index contributed by atoms with van der Waals surface area (Å²) in [6.07, 6.45) is 4.17. The molecule has 0 unspecified atom stereocenters. The maximum atomic E-state index is 13.5. The molecule has 1 fully saturated rings. The number of nitro groups is 1. The minimum absolute atomic E-state index is 0.159. The van der Waals surface area contributed by atoms with Gasteiger partial charge in [0.15, 0.2) is 0 Å². The zero-order chi connectivity index (χ0) is 23.0. The van der Waals surface area contributed by atoms with E-state index in [0.717, 1.165) is 10.0 Å². The van der Waals surface area contributed by atoms with Crippen molar-refractivity contribution < 1.29 is 19.3 Å². The Morgan fingerprint density at radius 2 is 1.84 bits per heavy atom. The van der Waals surface area contributed by atoms with Crippen LogP contribution in [0.1, 0.15) is 29.3 Å². The van der Waals surface area contributed by atoms with E-state index in [9.17, 15) is 24.5 Å². The van der Waals surface area contributed by atoms with Gasteiger partial charge in [-0.1, -0.05) is 48.9 Å². The van der Waals surface area contributed by atoms with E-state index in [2.05, 4.69) is 0 Å². The molecule has 1 heterocycles. The second-order valence-corrected chi connectivity index (χ2v) is 8.34. The second-order valence-electron chi connectivity index (χ2n) is 7.90.